The van der Waals surface area contributed by atoms with Gasteiger partial charge in [-0.15, -0.1) is 6.58 Å². The zero-order valence-corrected chi connectivity index (χ0v) is 21.6. The predicted molar refractivity (Wildman–Crippen MR) is 150 cm³/mol. The number of anilines is 1. The van der Waals surface area contributed by atoms with E-state index in [1.54, 1.807) is 0 Å². The lowest BCUT2D eigenvalue weighted by Crippen LogP contribution is -2.44. The molecule has 1 aromatic heterocycles. The van der Waals surface area contributed by atoms with Crippen LogP contribution in [-0.4, -0.2) is 43.1 Å². The van der Waals surface area contributed by atoms with Crippen LogP contribution in [0, 0.1) is 5.41 Å². The average Bonchev–Trinajstić information content (AvgIpc) is 2.89. The maximum Gasteiger partial charge on any atom is 0.129 e. The fourth-order valence-corrected chi connectivity index (χ4v) is 4.66. The molecule has 1 aromatic carbocycles. The number of allylic oxidation sites excluding steroid dienone is 8. The van der Waals surface area contributed by atoms with Crippen LogP contribution in [0.1, 0.15) is 38.3 Å². The third kappa shape index (κ3) is 5.83. The van der Waals surface area contributed by atoms with Crippen molar-refractivity contribution in [3.63, 3.8) is 0 Å². The largest absolute Gasteiger partial charge is 0.359 e. The monoisotopic (exact) mass is 466 g/mol. The highest BCUT2D eigenvalue weighted by Crippen LogP contribution is 2.40. The van der Waals surface area contributed by atoms with Crippen molar-refractivity contribution in [2.75, 3.05) is 38.1 Å². The van der Waals surface area contributed by atoms with Gasteiger partial charge in [0, 0.05) is 54.7 Å². The van der Waals surface area contributed by atoms with Gasteiger partial charge >= 0.3 is 0 Å². The van der Waals surface area contributed by atoms with Crippen molar-refractivity contribution in [3.8, 4) is 0 Å². The number of aromatic nitrogens is 1. The highest BCUT2D eigenvalue weighted by molar-refractivity contribution is 5.77. The molecule has 1 aliphatic heterocycles. The molecule has 0 amide bonds. The molecule has 2 heterocycles. The third-order valence-electron chi connectivity index (χ3n) is 7.15. The Balaban J connectivity index is 1.56. The maximum absolute atomic E-state index is 4.66. The van der Waals surface area contributed by atoms with Crippen LogP contribution >= 0.6 is 0 Å². The summed E-state index contributed by atoms with van der Waals surface area (Å²) < 4.78 is 0. The molecule has 182 valence electrons. The van der Waals surface area contributed by atoms with Gasteiger partial charge in [0.1, 0.15) is 5.82 Å². The quantitative estimate of drug-likeness (QED) is 0.486. The number of hydrogen-bond acceptors (Lipinski definition) is 4. The summed E-state index contributed by atoms with van der Waals surface area (Å²) in [5, 5.41) is 3.66. The lowest BCUT2D eigenvalue weighted by atomic mass is 9.74. The Labute approximate surface area is 211 Å². The van der Waals surface area contributed by atoms with Crippen molar-refractivity contribution in [3.05, 3.63) is 108 Å². The molecule has 35 heavy (non-hydrogen) atoms. The van der Waals surface area contributed by atoms with Crippen molar-refractivity contribution in [2.45, 2.75) is 27.2 Å². The Kier molecular flexibility index (Phi) is 7.72. The Morgan fingerprint density at radius 1 is 1.11 bits per heavy atom. The molecule has 1 aliphatic carbocycles. The average molecular weight is 467 g/mol. The standard InChI is InChI=1S/C31H38N4/c1-6-29(27-14-16-32-30(23-27)35-19-17-34(5)18-20-35)33-24(3)21-28-22-26(13-15-31(28,4)7-2)25-11-9-8-10-12-25/h6-14,16,21-23,33H,2,15,17-20H2,1,3-5H3/b24-21+,29-6-. The maximum atomic E-state index is 4.66. The first-order valence-corrected chi connectivity index (χ1v) is 12.5. The van der Waals surface area contributed by atoms with E-state index in [0.29, 0.717) is 0 Å². The summed E-state index contributed by atoms with van der Waals surface area (Å²) in [6.45, 7) is 14.8. The van der Waals surface area contributed by atoms with Crippen LogP contribution in [-0.2, 0) is 0 Å². The molecule has 0 saturated carbocycles. The Hall–Kier alpha value is -3.37. The lowest BCUT2D eigenvalue weighted by molar-refractivity contribution is 0.312. The van der Waals surface area contributed by atoms with Crippen LogP contribution in [0.15, 0.2) is 96.9 Å². The van der Waals surface area contributed by atoms with Crippen molar-refractivity contribution in [1.82, 2.24) is 15.2 Å². The van der Waals surface area contributed by atoms with Crippen molar-refractivity contribution in [2.24, 2.45) is 5.41 Å². The first kappa shape index (κ1) is 24.7. The van der Waals surface area contributed by atoms with Gasteiger partial charge in [0.25, 0.3) is 0 Å². The van der Waals surface area contributed by atoms with Crippen LogP contribution in [0.2, 0.25) is 0 Å². The van der Waals surface area contributed by atoms with Gasteiger partial charge in [0.15, 0.2) is 0 Å². The summed E-state index contributed by atoms with van der Waals surface area (Å²) in [5.41, 5.74) is 7.03. The van der Waals surface area contributed by atoms with Crippen LogP contribution in [0.3, 0.4) is 0 Å². The van der Waals surface area contributed by atoms with Gasteiger partial charge in [-0.2, -0.15) is 0 Å². The molecular formula is C31H38N4. The van der Waals surface area contributed by atoms with E-state index < -0.39 is 0 Å². The molecule has 1 unspecified atom stereocenters. The fraction of sp³-hybridized carbons (Fsp3) is 0.323. The number of nitrogens with one attached hydrogen (secondary N) is 1. The van der Waals surface area contributed by atoms with Gasteiger partial charge in [-0.3, -0.25) is 0 Å². The summed E-state index contributed by atoms with van der Waals surface area (Å²) in [6, 6.07) is 14.9. The zero-order chi connectivity index (χ0) is 24.8. The SMILES string of the molecule is C=CC1(C)CC=C(c2ccccc2)C=C1/C=C(\C)N/C(=C\C)c1ccnc(N2CCN(C)CC2)c1. The zero-order valence-electron chi connectivity index (χ0n) is 21.6. The Bertz CT molecular complexity index is 1160. The van der Waals surface area contributed by atoms with E-state index in [1.807, 2.05) is 6.20 Å². The highest BCUT2D eigenvalue weighted by atomic mass is 15.3. The molecule has 0 spiro atoms. The van der Waals surface area contributed by atoms with Gasteiger partial charge < -0.3 is 15.1 Å². The normalized spacial score (nSPS) is 21.9. The number of nitrogens with zero attached hydrogens (tertiary/aromatic N) is 3. The molecular weight excluding hydrogens is 428 g/mol. The van der Waals surface area contributed by atoms with Gasteiger partial charge in [-0.25, -0.2) is 4.98 Å². The van der Waals surface area contributed by atoms with Gasteiger partial charge in [-0.1, -0.05) is 61.6 Å². The second-order valence-electron chi connectivity index (χ2n) is 9.80. The second-order valence-corrected chi connectivity index (χ2v) is 9.80. The van der Waals surface area contributed by atoms with E-state index in [1.165, 1.54) is 16.7 Å². The van der Waals surface area contributed by atoms with Crippen LogP contribution in [0.4, 0.5) is 5.82 Å². The smallest absolute Gasteiger partial charge is 0.129 e. The molecule has 4 heteroatoms. The van der Waals surface area contributed by atoms with E-state index in [4.69, 9.17) is 0 Å². The Morgan fingerprint density at radius 2 is 1.86 bits per heavy atom. The van der Waals surface area contributed by atoms with E-state index in [2.05, 4.69) is 127 Å². The summed E-state index contributed by atoms with van der Waals surface area (Å²) in [6.07, 6.45) is 14.0. The molecule has 1 saturated heterocycles. The fourth-order valence-electron chi connectivity index (χ4n) is 4.66. The molecule has 2 aliphatic rings. The number of pyridine rings is 1. The lowest BCUT2D eigenvalue weighted by Gasteiger charge is -2.33. The summed E-state index contributed by atoms with van der Waals surface area (Å²) in [4.78, 5) is 9.39. The molecule has 1 N–H and O–H groups in total. The van der Waals surface area contributed by atoms with Crippen LogP contribution in [0.25, 0.3) is 11.3 Å². The number of rotatable bonds is 7. The van der Waals surface area contributed by atoms with E-state index in [9.17, 15) is 0 Å². The minimum Gasteiger partial charge on any atom is -0.359 e. The van der Waals surface area contributed by atoms with E-state index in [0.717, 1.165) is 55.4 Å². The topological polar surface area (TPSA) is 31.4 Å². The first-order chi connectivity index (χ1) is 16.9. The summed E-state index contributed by atoms with van der Waals surface area (Å²) in [5.74, 6) is 1.05. The second kappa shape index (κ2) is 10.9. The van der Waals surface area contributed by atoms with Gasteiger partial charge in [0.05, 0.1) is 0 Å². The molecule has 1 atom stereocenters. The van der Waals surface area contributed by atoms with Crippen molar-refractivity contribution >= 4 is 17.1 Å². The highest BCUT2D eigenvalue weighted by Gasteiger charge is 2.27. The summed E-state index contributed by atoms with van der Waals surface area (Å²) >= 11 is 0. The first-order valence-electron chi connectivity index (χ1n) is 12.5. The number of likely N-dealkylation sites (N-methyl/N-ethyl adjacent to an activating group) is 1. The number of benzene rings is 1. The van der Waals surface area contributed by atoms with E-state index in [-0.39, 0.29) is 5.41 Å². The predicted octanol–water partition coefficient (Wildman–Crippen LogP) is 6.29. The van der Waals surface area contributed by atoms with Crippen molar-refractivity contribution in [1.29, 1.82) is 0 Å². The molecule has 2 aromatic rings. The molecule has 0 bridgehead atoms. The minimum absolute atomic E-state index is 0.0947. The Morgan fingerprint density at radius 3 is 2.54 bits per heavy atom. The van der Waals surface area contributed by atoms with Crippen LogP contribution < -0.4 is 10.2 Å². The van der Waals surface area contributed by atoms with Gasteiger partial charge in [-0.05, 0) is 62.2 Å². The molecule has 4 nitrogen and oxygen atoms in total. The number of piperazine rings is 1. The molecule has 0 radical (unpaired) electrons. The third-order valence-corrected chi connectivity index (χ3v) is 7.15. The summed E-state index contributed by atoms with van der Waals surface area (Å²) in [7, 11) is 2.18. The minimum atomic E-state index is -0.0947. The molecule has 4 rings (SSSR count). The van der Waals surface area contributed by atoms with Crippen molar-refractivity contribution < 1.29 is 0 Å². The molecule has 1 fully saturated rings. The van der Waals surface area contributed by atoms with E-state index >= 15 is 0 Å². The van der Waals surface area contributed by atoms with Crippen LogP contribution in [0.5, 0.6) is 0 Å². The number of hydrogen-bond donors (Lipinski definition) is 1. The van der Waals surface area contributed by atoms with Gasteiger partial charge in [0.2, 0.25) is 0 Å².